The molecule has 0 saturated carbocycles. The Morgan fingerprint density at radius 2 is 1.85 bits per heavy atom. The Morgan fingerprint density at radius 1 is 1.11 bits per heavy atom. The molecule has 1 heterocycles. The van der Waals surface area contributed by atoms with Gasteiger partial charge in [0.2, 0.25) is 0 Å². The molecule has 0 unspecified atom stereocenters. The van der Waals surface area contributed by atoms with E-state index >= 15 is 0 Å². The van der Waals surface area contributed by atoms with Crippen LogP contribution in [0.15, 0.2) is 72.0 Å². The smallest absolute Gasteiger partial charge is 0.404 e. The van der Waals surface area contributed by atoms with Crippen molar-refractivity contribution in [2.24, 2.45) is 10.7 Å². The molecule has 3 aromatic rings. The third-order valence-corrected chi connectivity index (χ3v) is 3.54. The number of guanidine groups is 1. The lowest BCUT2D eigenvalue weighted by Gasteiger charge is -2.14. The number of hydrogen-bond donors (Lipinski definition) is 2. The SMILES string of the molecule is NC(=NCc1ccccc1-n1cccn1)Nc1ccccc1OC(F)(F)F. The van der Waals surface area contributed by atoms with E-state index in [2.05, 4.69) is 20.1 Å². The van der Waals surface area contributed by atoms with E-state index in [1.807, 2.05) is 24.3 Å². The van der Waals surface area contributed by atoms with E-state index in [0.29, 0.717) is 0 Å². The highest BCUT2D eigenvalue weighted by atomic mass is 19.4. The van der Waals surface area contributed by atoms with Gasteiger partial charge in [0, 0.05) is 12.4 Å². The summed E-state index contributed by atoms with van der Waals surface area (Å²) in [7, 11) is 0. The van der Waals surface area contributed by atoms with Crippen LogP contribution in [0, 0.1) is 0 Å². The highest BCUT2D eigenvalue weighted by molar-refractivity contribution is 5.93. The number of nitrogens with one attached hydrogen (secondary N) is 1. The Morgan fingerprint density at radius 3 is 2.59 bits per heavy atom. The monoisotopic (exact) mass is 375 g/mol. The van der Waals surface area contributed by atoms with Crippen molar-refractivity contribution in [3.05, 3.63) is 72.6 Å². The summed E-state index contributed by atoms with van der Waals surface area (Å²) in [6.07, 6.45) is -1.34. The van der Waals surface area contributed by atoms with Crippen LogP contribution in [0.4, 0.5) is 18.9 Å². The molecule has 0 amide bonds. The van der Waals surface area contributed by atoms with Gasteiger partial charge in [0.25, 0.3) is 0 Å². The fourth-order valence-electron chi connectivity index (χ4n) is 2.41. The molecule has 1 aromatic heterocycles. The van der Waals surface area contributed by atoms with Gasteiger partial charge >= 0.3 is 6.36 Å². The maximum absolute atomic E-state index is 12.5. The van der Waals surface area contributed by atoms with Gasteiger partial charge in [-0.05, 0) is 29.8 Å². The molecule has 140 valence electrons. The zero-order valence-corrected chi connectivity index (χ0v) is 14.0. The number of rotatable bonds is 5. The number of para-hydroxylation sites is 3. The van der Waals surface area contributed by atoms with Crippen LogP contribution in [-0.2, 0) is 6.54 Å². The molecule has 0 bridgehead atoms. The summed E-state index contributed by atoms with van der Waals surface area (Å²) >= 11 is 0. The summed E-state index contributed by atoms with van der Waals surface area (Å²) in [6, 6.07) is 14.9. The first-order valence-corrected chi connectivity index (χ1v) is 7.92. The molecule has 0 aliphatic heterocycles. The van der Waals surface area contributed by atoms with Gasteiger partial charge in [-0.2, -0.15) is 5.10 Å². The summed E-state index contributed by atoms with van der Waals surface area (Å²) in [5.74, 6) is -0.427. The van der Waals surface area contributed by atoms with Crippen molar-refractivity contribution in [2.45, 2.75) is 12.9 Å². The largest absolute Gasteiger partial charge is 0.573 e. The molecule has 27 heavy (non-hydrogen) atoms. The molecule has 0 aliphatic carbocycles. The number of alkyl halides is 3. The lowest BCUT2D eigenvalue weighted by Crippen LogP contribution is -2.24. The van der Waals surface area contributed by atoms with Crippen molar-refractivity contribution in [1.29, 1.82) is 0 Å². The molecular formula is C18H16F3N5O. The first-order valence-electron chi connectivity index (χ1n) is 7.92. The number of nitrogens with zero attached hydrogens (tertiary/aromatic N) is 3. The lowest BCUT2D eigenvalue weighted by molar-refractivity contribution is -0.274. The number of benzene rings is 2. The van der Waals surface area contributed by atoms with Crippen molar-refractivity contribution < 1.29 is 17.9 Å². The number of hydrogen-bond acceptors (Lipinski definition) is 3. The van der Waals surface area contributed by atoms with Crippen molar-refractivity contribution in [1.82, 2.24) is 9.78 Å². The average Bonchev–Trinajstić information content (AvgIpc) is 3.15. The third kappa shape index (κ3) is 5.00. The summed E-state index contributed by atoms with van der Waals surface area (Å²) in [5, 5.41) is 6.82. The number of anilines is 1. The Labute approximate surface area is 153 Å². The van der Waals surface area contributed by atoms with Crippen LogP contribution in [0.25, 0.3) is 5.69 Å². The maximum Gasteiger partial charge on any atom is 0.573 e. The van der Waals surface area contributed by atoms with E-state index in [1.54, 1.807) is 29.2 Å². The van der Waals surface area contributed by atoms with E-state index in [4.69, 9.17) is 5.73 Å². The number of halogens is 3. The van der Waals surface area contributed by atoms with Crippen LogP contribution in [0.2, 0.25) is 0 Å². The second-order valence-corrected chi connectivity index (χ2v) is 5.45. The molecular weight excluding hydrogens is 359 g/mol. The lowest BCUT2D eigenvalue weighted by atomic mass is 10.2. The minimum Gasteiger partial charge on any atom is -0.404 e. The number of nitrogens with two attached hydrogens (primary N) is 1. The fraction of sp³-hybridized carbons (Fsp3) is 0.111. The van der Waals surface area contributed by atoms with E-state index in [-0.39, 0.29) is 23.9 Å². The molecule has 0 fully saturated rings. The fourth-order valence-corrected chi connectivity index (χ4v) is 2.41. The van der Waals surface area contributed by atoms with Crippen LogP contribution in [-0.4, -0.2) is 22.1 Å². The predicted octanol–water partition coefficient (Wildman–Crippen LogP) is 3.70. The van der Waals surface area contributed by atoms with Crippen LogP contribution in [0.3, 0.4) is 0 Å². The van der Waals surface area contributed by atoms with Crippen molar-refractivity contribution in [2.75, 3.05) is 5.32 Å². The third-order valence-electron chi connectivity index (χ3n) is 3.54. The van der Waals surface area contributed by atoms with Gasteiger partial charge < -0.3 is 15.8 Å². The first kappa shape index (κ1) is 18.3. The van der Waals surface area contributed by atoms with Crippen molar-refractivity contribution >= 4 is 11.6 Å². The standard InChI is InChI=1S/C18H16F3N5O/c19-18(20,21)27-16-9-4-2-7-14(16)25-17(22)23-12-13-6-1-3-8-15(13)26-11-5-10-24-26/h1-11H,12H2,(H3,22,23,25). The normalized spacial score (nSPS) is 12.0. The summed E-state index contributed by atoms with van der Waals surface area (Å²) in [4.78, 5) is 4.20. The number of ether oxygens (including phenoxy) is 1. The minimum atomic E-state index is -4.80. The second-order valence-electron chi connectivity index (χ2n) is 5.45. The van der Waals surface area contributed by atoms with E-state index in [1.165, 1.54) is 18.2 Å². The Bertz CT molecular complexity index is 923. The zero-order valence-electron chi connectivity index (χ0n) is 14.0. The van der Waals surface area contributed by atoms with Crippen molar-refractivity contribution in [3.63, 3.8) is 0 Å². The Hall–Kier alpha value is -3.49. The summed E-state index contributed by atoms with van der Waals surface area (Å²) in [5.41, 5.74) is 7.59. The van der Waals surface area contributed by atoms with Crippen molar-refractivity contribution in [3.8, 4) is 11.4 Å². The molecule has 3 rings (SSSR count). The Kier molecular flexibility index (Phi) is 5.30. The topological polar surface area (TPSA) is 77.5 Å². The van der Waals surface area contributed by atoms with Gasteiger partial charge in [-0.15, -0.1) is 13.2 Å². The molecule has 0 aliphatic rings. The van der Waals surface area contributed by atoms with E-state index in [9.17, 15) is 13.2 Å². The molecule has 3 N–H and O–H groups in total. The van der Waals surface area contributed by atoms with Crippen LogP contribution < -0.4 is 15.8 Å². The average molecular weight is 375 g/mol. The maximum atomic E-state index is 12.5. The quantitative estimate of drug-likeness (QED) is 0.527. The molecule has 9 heteroatoms. The highest BCUT2D eigenvalue weighted by Crippen LogP contribution is 2.29. The predicted molar refractivity (Wildman–Crippen MR) is 95.6 cm³/mol. The molecule has 6 nitrogen and oxygen atoms in total. The number of aliphatic imine (C=N–C) groups is 1. The van der Waals surface area contributed by atoms with Crippen LogP contribution in [0.5, 0.6) is 5.75 Å². The van der Waals surface area contributed by atoms with Gasteiger partial charge in [0.15, 0.2) is 11.7 Å². The first-order chi connectivity index (χ1) is 12.9. The van der Waals surface area contributed by atoms with Gasteiger partial charge in [0.1, 0.15) is 0 Å². The second kappa shape index (κ2) is 7.81. The van der Waals surface area contributed by atoms with E-state index < -0.39 is 6.36 Å². The molecule has 2 aromatic carbocycles. The van der Waals surface area contributed by atoms with Gasteiger partial charge in [0.05, 0.1) is 17.9 Å². The zero-order chi connectivity index (χ0) is 19.3. The van der Waals surface area contributed by atoms with Gasteiger partial charge in [-0.3, -0.25) is 0 Å². The molecule has 0 saturated heterocycles. The van der Waals surface area contributed by atoms with Gasteiger partial charge in [-0.25, -0.2) is 9.67 Å². The minimum absolute atomic E-state index is 0.0384. The van der Waals surface area contributed by atoms with E-state index in [0.717, 1.165) is 11.3 Å². The Balaban J connectivity index is 1.75. The molecule has 0 spiro atoms. The molecule has 0 radical (unpaired) electrons. The van der Waals surface area contributed by atoms with Crippen LogP contribution >= 0.6 is 0 Å². The van der Waals surface area contributed by atoms with Gasteiger partial charge in [-0.1, -0.05) is 30.3 Å². The molecule has 0 atom stereocenters. The number of aromatic nitrogens is 2. The highest BCUT2D eigenvalue weighted by Gasteiger charge is 2.32. The van der Waals surface area contributed by atoms with Crippen LogP contribution in [0.1, 0.15) is 5.56 Å². The summed E-state index contributed by atoms with van der Waals surface area (Å²) in [6.45, 7) is 0.219. The summed E-state index contributed by atoms with van der Waals surface area (Å²) < 4.78 is 43.1.